The molecule has 0 radical (unpaired) electrons. The quantitative estimate of drug-likeness (QED) is 0.415. The molecular formula is C27H33N5. The van der Waals surface area contributed by atoms with Gasteiger partial charge in [0.1, 0.15) is 5.82 Å². The molecule has 1 aromatic carbocycles. The molecule has 32 heavy (non-hydrogen) atoms. The summed E-state index contributed by atoms with van der Waals surface area (Å²) in [7, 11) is 4.01. The Hall–Kier alpha value is -3.44. The molecule has 0 saturated carbocycles. The molecule has 5 heteroatoms. The zero-order chi connectivity index (χ0) is 23.1. The van der Waals surface area contributed by atoms with Crippen LogP contribution in [0.4, 0.5) is 0 Å². The fourth-order valence-electron chi connectivity index (χ4n) is 3.78. The first-order valence-corrected chi connectivity index (χ1v) is 10.9. The fraction of sp³-hybridized carbons (Fsp3) is 0.259. The van der Waals surface area contributed by atoms with Crippen molar-refractivity contribution in [1.29, 1.82) is 5.41 Å². The van der Waals surface area contributed by atoms with Gasteiger partial charge in [0.2, 0.25) is 0 Å². The number of rotatable bonds is 8. The molecule has 0 fully saturated rings. The predicted molar refractivity (Wildman–Crippen MR) is 137 cm³/mol. The summed E-state index contributed by atoms with van der Waals surface area (Å²) in [5.74, 6) is 0.809. The number of aliphatic imine (C=N–C) groups is 1. The van der Waals surface area contributed by atoms with E-state index in [0.717, 1.165) is 65.4 Å². The molecule has 1 aromatic rings. The summed E-state index contributed by atoms with van der Waals surface area (Å²) in [6, 6.07) is 6.59. The molecule has 2 aliphatic heterocycles. The number of likely N-dealkylation sites (N-methyl/N-ethyl adjacent to an activating group) is 1. The number of fused-ring (bicyclic) bond motifs is 1. The van der Waals surface area contributed by atoms with E-state index >= 15 is 0 Å². The molecule has 0 aromatic heterocycles. The standard InChI is InChI=1S/C27H33N5/c1-6-22(26(16-28)20(3)29-4)9-7-21-8-12-27(30-17-21)31-19(2)23-10-11-25-18-32(5)14-13-24(25)15-23/h6-7,9-12,15-17,28-29,31H,1-2,8,13-14,18H2,3-5H3/b21-7+,22-9+,26-20+,28-16?. The zero-order valence-electron chi connectivity index (χ0n) is 19.3. The molecule has 5 nitrogen and oxygen atoms in total. The van der Waals surface area contributed by atoms with Crippen molar-refractivity contribution in [3.63, 3.8) is 0 Å². The maximum Gasteiger partial charge on any atom is 0.126 e. The Bertz CT molecular complexity index is 1070. The summed E-state index contributed by atoms with van der Waals surface area (Å²) in [5.41, 5.74) is 8.51. The number of nitrogens with one attached hydrogen (secondary N) is 3. The summed E-state index contributed by atoms with van der Waals surface area (Å²) >= 11 is 0. The molecule has 0 unspecified atom stereocenters. The summed E-state index contributed by atoms with van der Waals surface area (Å²) in [4.78, 5) is 6.91. The van der Waals surface area contributed by atoms with Crippen molar-refractivity contribution in [2.75, 3.05) is 20.6 Å². The van der Waals surface area contributed by atoms with Crippen LogP contribution in [0.3, 0.4) is 0 Å². The van der Waals surface area contributed by atoms with E-state index in [-0.39, 0.29) is 0 Å². The summed E-state index contributed by atoms with van der Waals surface area (Å²) in [5, 5.41) is 14.1. The average molecular weight is 428 g/mol. The van der Waals surface area contributed by atoms with E-state index in [1.165, 1.54) is 17.3 Å². The Morgan fingerprint density at radius 3 is 2.75 bits per heavy atom. The van der Waals surface area contributed by atoms with E-state index in [1.54, 1.807) is 6.08 Å². The van der Waals surface area contributed by atoms with Crippen molar-refractivity contribution in [2.24, 2.45) is 4.99 Å². The zero-order valence-corrected chi connectivity index (χ0v) is 19.3. The van der Waals surface area contributed by atoms with Crippen LogP contribution in [0.2, 0.25) is 0 Å². The van der Waals surface area contributed by atoms with Crippen LogP contribution in [-0.4, -0.2) is 38.0 Å². The van der Waals surface area contributed by atoms with Crippen molar-refractivity contribution < 1.29 is 0 Å². The second-order valence-electron chi connectivity index (χ2n) is 8.13. The molecule has 3 rings (SSSR count). The average Bonchev–Trinajstić information content (AvgIpc) is 2.81. The first-order valence-electron chi connectivity index (χ1n) is 10.9. The van der Waals surface area contributed by atoms with Gasteiger partial charge in [0.05, 0.1) is 0 Å². The van der Waals surface area contributed by atoms with E-state index in [2.05, 4.69) is 65.0 Å². The van der Waals surface area contributed by atoms with Gasteiger partial charge in [0.15, 0.2) is 0 Å². The lowest BCUT2D eigenvalue weighted by Gasteiger charge is -2.25. The molecule has 0 bridgehead atoms. The van der Waals surface area contributed by atoms with E-state index in [0.29, 0.717) is 0 Å². The Kier molecular flexibility index (Phi) is 7.79. The topological polar surface area (TPSA) is 63.5 Å². The number of hydrogen-bond donors (Lipinski definition) is 3. The first kappa shape index (κ1) is 23.2. The lowest BCUT2D eigenvalue weighted by atomic mass is 9.97. The van der Waals surface area contributed by atoms with Gasteiger partial charge in [-0.25, -0.2) is 4.99 Å². The van der Waals surface area contributed by atoms with Gasteiger partial charge in [-0.1, -0.05) is 43.5 Å². The van der Waals surface area contributed by atoms with Gasteiger partial charge in [-0.2, -0.15) is 0 Å². The van der Waals surface area contributed by atoms with Crippen molar-refractivity contribution in [3.05, 3.63) is 101 Å². The highest BCUT2D eigenvalue weighted by atomic mass is 15.1. The SMILES string of the molecule is C=CC(=C\C=C1\C=NC(NC(=C)c2ccc3c(c2)CCN(C)C3)=CC1)/C(C=N)=C(\C)NC. The van der Waals surface area contributed by atoms with E-state index < -0.39 is 0 Å². The third-order valence-corrected chi connectivity index (χ3v) is 5.87. The number of allylic oxidation sites excluding steroid dienone is 8. The molecule has 0 spiro atoms. The van der Waals surface area contributed by atoms with Gasteiger partial charge in [0, 0.05) is 49.5 Å². The fourth-order valence-corrected chi connectivity index (χ4v) is 3.78. The van der Waals surface area contributed by atoms with Gasteiger partial charge >= 0.3 is 0 Å². The minimum Gasteiger partial charge on any atom is -0.391 e. The van der Waals surface area contributed by atoms with Crippen molar-refractivity contribution in [2.45, 2.75) is 26.3 Å². The van der Waals surface area contributed by atoms with Crippen molar-refractivity contribution >= 4 is 18.1 Å². The Balaban J connectivity index is 1.66. The molecule has 0 atom stereocenters. The highest BCUT2D eigenvalue weighted by molar-refractivity contribution is 5.86. The minimum absolute atomic E-state index is 0.769. The van der Waals surface area contributed by atoms with Gasteiger partial charge in [-0.15, -0.1) is 0 Å². The minimum atomic E-state index is 0.769. The summed E-state index contributed by atoms with van der Waals surface area (Å²) < 4.78 is 0. The van der Waals surface area contributed by atoms with Crippen LogP contribution < -0.4 is 10.6 Å². The summed E-state index contributed by atoms with van der Waals surface area (Å²) in [6.07, 6.45) is 12.9. The van der Waals surface area contributed by atoms with Crippen LogP contribution in [0.5, 0.6) is 0 Å². The number of nitrogens with zero attached hydrogens (tertiary/aromatic N) is 2. The predicted octanol–water partition coefficient (Wildman–Crippen LogP) is 4.73. The third kappa shape index (κ3) is 5.62. The molecule has 0 saturated heterocycles. The van der Waals surface area contributed by atoms with Crippen LogP contribution in [0, 0.1) is 5.41 Å². The number of hydrogen-bond acceptors (Lipinski definition) is 5. The maximum atomic E-state index is 7.69. The van der Waals surface area contributed by atoms with Gasteiger partial charge < -0.3 is 20.9 Å². The van der Waals surface area contributed by atoms with Gasteiger partial charge in [-0.3, -0.25) is 0 Å². The first-order chi connectivity index (χ1) is 15.4. The van der Waals surface area contributed by atoms with Crippen LogP contribution in [0.15, 0.2) is 88.9 Å². The molecular weight excluding hydrogens is 394 g/mol. The highest BCUT2D eigenvalue weighted by Crippen LogP contribution is 2.23. The molecule has 2 heterocycles. The van der Waals surface area contributed by atoms with Gasteiger partial charge in [0.25, 0.3) is 0 Å². The van der Waals surface area contributed by atoms with Crippen LogP contribution >= 0.6 is 0 Å². The molecule has 0 aliphatic carbocycles. The lowest BCUT2D eigenvalue weighted by Crippen LogP contribution is -2.26. The molecule has 3 N–H and O–H groups in total. The molecule has 2 aliphatic rings. The normalized spacial score (nSPS) is 18.4. The van der Waals surface area contributed by atoms with Crippen LogP contribution in [0.25, 0.3) is 5.70 Å². The van der Waals surface area contributed by atoms with E-state index in [9.17, 15) is 0 Å². The summed E-state index contributed by atoms with van der Waals surface area (Å²) in [6.45, 7) is 12.2. The Morgan fingerprint density at radius 1 is 1.28 bits per heavy atom. The second-order valence-corrected chi connectivity index (χ2v) is 8.13. The van der Waals surface area contributed by atoms with E-state index in [4.69, 9.17) is 5.41 Å². The Labute approximate surface area is 191 Å². The molecule has 166 valence electrons. The smallest absolute Gasteiger partial charge is 0.126 e. The van der Waals surface area contributed by atoms with Crippen molar-refractivity contribution in [1.82, 2.24) is 15.5 Å². The third-order valence-electron chi connectivity index (χ3n) is 5.87. The maximum absolute atomic E-state index is 7.69. The largest absolute Gasteiger partial charge is 0.391 e. The van der Waals surface area contributed by atoms with Gasteiger partial charge in [-0.05, 0) is 66.8 Å². The lowest BCUT2D eigenvalue weighted by molar-refractivity contribution is 0.313. The highest BCUT2D eigenvalue weighted by Gasteiger charge is 2.14. The monoisotopic (exact) mass is 427 g/mol. The van der Waals surface area contributed by atoms with E-state index in [1.807, 2.05) is 32.3 Å². The number of benzene rings is 1. The van der Waals surface area contributed by atoms with Crippen LogP contribution in [-0.2, 0) is 13.0 Å². The second kappa shape index (κ2) is 10.7. The Morgan fingerprint density at radius 2 is 2.09 bits per heavy atom. The van der Waals surface area contributed by atoms with Crippen LogP contribution in [0.1, 0.15) is 30.0 Å². The molecule has 0 amide bonds. The van der Waals surface area contributed by atoms with Crippen molar-refractivity contribution in [3.8, 4) is 0 Å².